The van der Waals surface area contributed by atoms with Crippen molar-refractivity contribution in [3.63, 3.8) is 0 Å². The van der Waals surface area contributed by atoms with Crippen LogP contribution in [0.25, 0.3) is 0 Å². The number of hydrogen-bond acceptors (Lipinski definition) is 3. The Morgan fingerprint density at radius 3 is 3.00 bits per heavy atom. The highest BCUT2D eigenvalue weighted by Gasteiger charge is 2.53. The number of aliphatic hydroxyl groups excluding tert-OH is 1. The SMILES string of the molecule is C[C@@]12C[C@@H](CC[C@@H]1O)OC2=O. The van der Waals surface area contributed by atoms with Crippen molar-refractivity contribution in [3.05, 3.63) is 0 Å². The van der Waals surface area contributed by atoms with Crippen LogP contribution in [0.3, 0.4) is 0 Å². The average molecular weight is 156 g/mol. The minimum Gasteiger partial charge on any atom is -0.462 e. The lowest BCUT2D eigenvalue weighted by Gasteiger charge is -2.28. The summed E-state index contributed by atoms with van der Waals surface area (Å²) in [5, 5.41) is 9.52. The molecule has 1 saturated heterocycles. The Hall–Kier alpha value is -0.570. The van der Waals surface area contributed by atoms with Crippen LogP contribution in [-0.4, -0.2) is 23.3 Å². The van der Waals surface area contributed by atoms with Crippen molar-refractivity contribution < 1.29 is 14.6 Å². The number of hydrogen-bond donors (Lipinski definition) is 1. The van der Waals surface area contributed by atoms with Crippen LogP contribution in [0.15, 0.2) is 0 Å². The fourth-order valence-electron chi connectivity index (χ4n) is 1.98. The van der Waals surface area contributed by atoms with Crippen LogP contribution in [0.5, 0.6) is 0 Å². The molecule has 62 valence electrons. The lowest BCUT2D eigenvalue weighted by Crippen LogP contribution is -2.38. The lowest BCUT2D eigenvalue weighted by atomic mass is 9.75. The molecule has 11 heavy (non-hydrogen) atoms. The number of esters is 1. The van der Waals surface area contributed by atoms with E-state index >= 15 is 0 Å². The quantitative estimate of drug-likeness (QED) is 0.518. The molecule has 1 heterocycles. The molecule has 2 bridgehead atoms. The molecular formula is C8H12O3. The van der Waals surface area contributed by atoms with Gasteiger partial charge in [0.2, 0.25) is 0 Å². The number of fused-ring (bicyclic) bond motifs is 2. The van der Waals surface area contributed by atoms with Crippen LogP contribution in [0, 0.1) is 5.41 Å². The van der Waals surface area contributed by atoms with Crippen molar-refractivity contribution in [1.29, 1.82) is 0 Å². The molecule has 2 fully saturated rings. The summed E-state index contributed by atoms with van der Waals surface area (Å²) < 4.78 is 5.06. The molecule has 0 radical (unpaired) electrons. The number of rotatable bonds is 0. The van der Waals surface area contributed by atoms with Gasteiger partial charge in [0, 0.05) is 6.42 Å². The van der Waals surface area contributed by atoms with E-state index < -0.39 is 11.5 Å². The third-order valence-electron chi connectivity index (χ3n) is 2.89. The minimum atomic E-state index is -0.594. The Morgan fingerprint density at radius 1 is 1.64 bits per heavy atom. The van der Waals surface area contributed by atoms with Gasteiger partial charge >= 0.3 is 5.97 Å². The molecule has 0 aromatic carbocycles. The summed E-state index contributed by atoms with van der Waals surface area (Å²) >= 11 is 0. The standard InChI is InChI=1S/C8H12O3/c1-8-4-5(11-7(8)10)2-3-6(8)9/h5-6,9H,2-4H2,1H3/t5-,6+,8-/m1/s1. The molecule has 2 aliphatic rings. The molecule has 2 rings (SSSR count). The smallest absolute Gasteiger partial charge is 0.314 e. The van der Waals surface area contributed by atoms with E-state index in [0.717, 1.165) is 6.42 Å². The fraction of sp³-hybridized carbons (Fsp3) is 0.875. The molecule has 3 atom stereocenters. The van der Waals surface area contributed by atoms with Crippen molar-refractivity contribution >= 4 is 5.97 Å². The Morgan fingerprint density at radius 2 is 2.36 bits per heavy atom. The minimum absolute atomic E-state index is 0.0795. The van der Waals surface area contributed by atoms with E-state index in [1.54, 1.807) is 6.92 Å². The molecule has 1 aliphatic heterocycles. The average Bonchev–Trinajstić information content (AvgIpc) is 2.19. The number of aliphatic hydroxyl groups is 1. The van der Waals surface area contributed by atoms with Crippen molar-refractivity contribution in [3.8, 4) is 0 Å². The topological polar surface area (TPSA) is 46.5 Å². The highest BCUT2D eigenvalue weighted by atomic mass is 16.6. The maximum Gasteiger partial charge on any atom is 0.314 e. The van der Waals surface area contributed by atoms with E-state index in [1.165, 1.54) is 0 Å². The second kappa shape index (κ2) is 1.97. The summed E-state index contributed by atoms with van der Waals surface area (Å²) in [7, 11) is 0. The van der Waals surface area contributed by atoms with Crippen molar-refractivity contribution in [1.82, 2.24) is 0 Å². The first kappa shape index (κ1) is 7.10. The maximum absolute atomic E-state index is 11.2. The van der Waals surface area contributed by atoms with Gasteiger partial charge in [-0.25, -0.2) is 0 Å². The molecule has 0 aromatic heterocycles. The largest absolute Gasteiger partial charge is 0.462 e. The van der Waals surface area contributed by atoms with E-state index in [9.17, 15) is 9.90 Å². The monoisotopic (exact) mass is 156 g/mol. The summed E-state index contributed by atoms with van der Waals surface area (Å²) in [5.41, 5.74) is -0.594. The van der Waals surface area contributed by atoms with Gasteiger partial charge in [-0.2, -0.15) is 0 Å². The summed E-state index contributed by atoms with van der Waals surface area (Å²) in [5.74, 6) is -0.215. The van der Waals surface area contributed by atoms with Gasteiger partial charge in [0.15, 0.2) is 0 Å². The molecule has 1 aliphatic carbocycles. The van der Waals surface area contributed by atoms with Crippen LogP contribution >= 0.6 is 0 Å². The van der Waals surface area contributed by atoms with E-state index in [4.69, 9.17) is 4.74 Å². The van der Waals surface area contributed by atoms with E-state index in [2.05, 4.69) is 0 Å². The van der Waals surface area contributed by atoms with Crippen LogP contribution in [-0.2, 0) is 9.53 Å². The van der Waals surface area contributed by atoms with Gasteiger partial charge in [0.05, 0.1) is 11.5 Å². The van der Waals surface area contributed by atoms with Gasteiger partial charge in [-0.1, -0.05) is 0 Å². The van der Waals surface area contributed by atoms with Gasteiger partial charge in [-0.15, -0.1) is 0 Å². The molecular weight excluding hydrogens is 144 g/mol. The molecule has 1 N–H and O–H groups in total. The third kappa shape index (κ3) is 0.805. The zero-order chi connectivity index (χ0) is 8.06. The number of carbonyl (C=O) groups is 1. The Kier molecular flexibility index (Phi) is 1.27. The zero-order valence-corrected chi connectivity index (χ0v) is 6.54. The van der Waals surface area contributed by atoms with Crippen LogP contribution in [0.4, 0.5) is 0 Å². The van der Waals surface area contributed by atoms with Gasteiger partial charge in [-0.05, 0) is 19.8 Å². The van der Waals surface area contributed by atoms with Crippen LogP contribution in [0.2, 0.25) is 0 Å². The van der Waals surface area contributed by atoms with Gasteiger partial charge in [0.1, 0.15) is 6.10 Å². The number of ether oxygens (including phenoxy) is 1. The molecule has 3 heteroatoms. The fourth-order valence-corrected chi connectivity index (χ4v) is 1.98. The Bertz CT molecular complexity index is 202. The number of carbonyl (C=O) groups excluding carboxylic acids is 1. The van der Waals surface area contributed by atoms with Crippen molar-refractivity contribution in [2.75, 3.05) is 0 Å². The molecule has 0 amide bonds. The summed E-state index contributed by atoms with van der Waals surface area (Å²) in [6.07, 6.45) is 1.81. The molecule has 0 spiro atoms. The summed E-state index contributed by atoms with van der Waals surface area (Å²) in [6.45, 7) is 1.79. The van der Waals surface area contributed by atoms with E-state index in [-0.39, 0.29) is 12.1 Å². The first-order chi connectivity index (χ1) is 5.13. The first-order valence-electron chi connectivity index (χ1n) is 4.02. The van der Waals surface area contributed by atoms with E-state index in [0.29, 0.717) is 12.8 Å². The highest BCUT2D eigenvalue weighted by molar-refractivity contribution is 5.79. The van der Waals surface area contributed by atoms with Crippen LogP contribution < -0.4 is 0 Å². The molecule has 1 saturated carbocycles. The maximum atomic E-state index is 11.2. The van der Waals surface area contributed by atoms with Gasteiger partial charge < -0.3 is 9.84 Å². The van der Waals surface area contributed by atoms with Gasteiger partial charge in [0.25, 0.3) is 0 Å². The predicted octanol–water partition coefficient (Wildman–Crippen LogP) is 0.463. The third-order valence-corrected chi connectivity index (χ3v) is 2.89. The summed E-state index contributed by atoms with van der Waals surface area (Å²) in [6, 6.07) is 0. The predicted molar refractivity (Wildman–Crippen MR) is 37.8 cm³/mol. The van der Waals surface area contributed by atoms with E-state index in [1.807, 2.05) is 0 Å². The van der Waals surface area contributed by atoms with Crippen LogP contribution in [0.1, 0.15) is 26.2 Å². The van der Waals surface area contributed by atoms with Crippen molar-refractivity contribution in [2.24, 2.45) is 5.41 Å². The zero-order valence-electron chi connectivity index (χ0n) is 6.54. The van der Waals surface area contributed by atoms with Gasteiger partial charge in [-0.3, -0.25) is 4.79 Å². The highest BCUT2D eigenvalue weighted by Crippen LogP contribution is 2.44. The first-order valence-corrected chi connectivity index (χ1v) is 4.02. The lowest BCUT2D eigenvalue weighted by molar-refractivity contribution is -0.150. The summed E-state index contributed by atoms with van der Waals surface area (Å²) in [4.78, 5) is 11.2. The second-order valence-electron chi connectivity index (χ2n) is 3.74. The molecule has 3 nitrogen and oxygen atoms in total. The Balaban J connectivity index is 2.30. The second-order valence-corrected chi connectivity index (χ2v) is 3.74. The molecule has 0 unspecified atom stereocenters. The molecule has 0 aromatic rings. The Labute approximate surface area is 65.4 Å². The van der Waals surface area contributed by atoms with Crippen molar-refractivity contribution in [2.45, 2.75) is 38.4 Å². The normalized spacial score (nSPS) is 49.1.